The summed E-state index contributed by atoms with van der Waals surface area (Å²) in [7, 11) is -23.5. The van der Waals surface area contributed by atoms with Crippen LogP contribution in [0.15, 0.2) is 0 Å². The van der Waals surface area contributed by atoms with Gasteiger partial charge in [0.25, 0.3) is 31.3 Å². The van der Waals surface area contributed by atoms with Crippen molar-refractivity contribution in [3.8, 4) is 0 Å². The van der Waals surface area contributed by atoms with E-state index in [2.05, 4.69) is 17.2 Å². The van der Waals surface area contributed by atoms with Crippen molar-refractivity contribution >= 4 is 77.4 Å². The zero-order valence-electron chi connectivity index (χ0n) is 8.10. The smallest absolute Gasteiger partial charge is 0.756 e. The monoisotopic (exact) mass is 364 g/mol. The normalized spacial score (nSPS) is 49.1. The van der Waals surface area contributed by atoms with E-state index in [0.717, 1.165) is 0 Å². The number of hydrogen-bond donors (Lipinski definition) is 0. The van der Waals surface area contributed by atoms with Gasteiger partial charge in [0, 0.05) is 0 Å². The van der Waals surface area contributed by atoms with Crippen molar-refractivity contribution in [3.05, 3.63) is 0 Å². The standard InChI is InChI=1S/2Mg.H4O12P4/c;;1-13(2)9-14(3,4)11-16(7,8)12-15(5,6)10-13/h;;(H,1,2)(H,3,4)(H,5,6)(H,7,8)/q2*+2;/p-4. The van der Waals surface area contributed by atoms with Gasteiger partial charge in [-0.1, -0.05) is 0 Å². The van der Waals surface area contributed by atoms with E-state index in [1.165, 1.54) is 0 Å². The van der Waals surface area contributed by atoms with E-state index in [1.54, 1.807) is 0 Å². The molecule has 0 amide bonds. The Balaban J connectivity index is 0. The fourth-order valence-electron chi connectivity index (χ4n) is 0.550. The molecular weight excluding hydrogens is 364 g/mol. The molecule has 1 heterocycles. The molecule has 0 N–H and O–H groups in total. The van der Waals surface area contributed by atoms with Crippen molar-refractivity contribution in [2.45, 2.75) is 0 Å². The zero-order chi connectivity index (χ0) is 12.8. The van der Waals surface area contributed by atoms with Crippen LogP contribution in [0.4, 0.5) is 0 Å². The van der Waals surface area contributed by atoms with E-state index in [1.807, 2.05) is 0 Å². The maximum atomic E-state index is 10.6. The molecule has 1 aliphatic rings. The van der Waals surface area contributed by atoms with Gasteiger partial charge in [0.15, 0.2) is 0 Å². The Hall–Kier alpha value is 2.13. The molecule has 0 aromatic heterocycles. The molecule has 0 atom stereocenters. The quantitative estimate of drug-likeness (QED) is 0.316. The minimum Gasteiger partial charge on any atom is -0.756 e. The van der Waals surface area contributed by atoms with Crippen LogP contribution in [0, 0.1) is 0 Å². The average molecular weight is 364 g/mol. The van der Waals surface area contributed by atoms with E-state index < -0.39 is 31.3 Å². The van der Waals surface area contributed by atoms with Crippen LogP contribution in [0.3, 0.4) is 0 Å². The van der Waals surface area contributed by atoms with E-state index in [0.29, 0.717) is 0 Å². The van der Waals surface area contributed by atoms with Gasteiger partial charge in [0.2, 0.25) is 0 Å². The molecule has 0 saturated carbocycles. The Morgan fingerprint density at radius 1 is 0.500 bits per heavy atom. The summed E-state index contributed by atoms with van der Waals surface area (Å²) in [5, 5.41) is 0. The molecule has 96 valence electrons. The van der Waals surface area contributed by atoms with E-state index in [4.69, 9.17) is 0 Å². The first-order chi connectivity index (χ1) is 6.83. The van der Waals surface area contributed by atoms with Crippen molar-refractivity contribution in [3.63, 3.8) is 0 Å². The van der Waals surface area contributed by atoms with Gasteiger partial charge in [-0.05, 0) is 0 Å². The van der Waals surface area contributed by atoms with Crippen LogP contribution < -0.4 is 19.6 Å². The fourth-order valence-corrected chi connectivity index (χ4v) is 6.02. The van der Waals surface area contributed by atoms with E-state index in [-0.39, 0.29) is 46.1 Å². The third-order valence-corrected chi connectivity index (χ3v) is 7.20. The molecule has 0 aromatic rings. The predicted molar refractivity (Wildman–Crippen MR) is 46.3 cm³/mol. The van der Waals surface area contributed by atoms with Gasteiger partial charge in [-0.2, -0.15) is 0 Å². The largest absolute Gasteiger partial charge is 2.00 e. The minimum atomic E-state index is -5.87. The molecule has 0 aliphatic carbocycles. The van der Waals surface area contributed by atoms with Gasteiger partial charge in [-0.25, -0.2) is 17.2 Å². The third kappa shape index (κ3) is 7.79. The van der Waals surface area contributed by atoms with Crippen LogP contribution >= 0.6 is 31.3 Å². The van der Waals surface area contributed by atoms with Gasteiger partial charge in [-0.3, -0.25) is 18.3 Å². The number of rotatable bonds is 0. The Bertz CT molecular complexity index is 366. The second-order valence-electron chi connectivity index (χ2n) is 2.12. The van der Waals surface area contributed by atoms with Crippen LogP contribution in [0.1, 0.15) is 0 Å². The van der Waals surface area contributed by atoms with Gasteiger partial charge in [0.05, 0.1) is 0 Å². The van der Waals surface area contributed by atoms with Crippen molar-refractivity contribution in [2.24, 2.45) is 0 Å². The Kier molecular flexibility index (Phi) is 8.63. The summed E-state index contributed by atoms with van der Waals surface area (Å²) in [5.41, 5.74) is 0. The summed E-state index contributed by atoms with van der Waals surface area (Å²) in [6, 6.07) is 0. The molecule has 0 unspecified atom stereocenters. The average Bonchev–Trinajstić information content (AvgIpc) is 1.67. The molecular formula is Mg2O12P4. The summed E-state index contributed by atoms with van der Waals surface area (Å²) in [5.74, 6) is 0. The molecule has 18 heteroatoms. The van der Waals surface area contributed by atoms with Crippen LogP contribution in [0.25, 0.3) is 0 Å². The zero-order valence-corrected chi connectivity index (χ0v) is 14.5. The van der Waals surface area contributed by atoms with Crippen molar-refractivity contribution in [1.29, 1.82) is 0 Å². The van der Waals surface area contributed by atoms with E-state index >= 15 is 0 Å². The molecule has 12 nitrogen and oxygen atoms in total. The molecule has 18 heavy (non-hydrogen) atoms. The van der Waals surface area contributed by atoms with Crippen molar-refractivity contribution < 1.29 is 55.1 Å². The summed E-state index contributed by atoms with van der Waals surface area (Å²) in [6.07, 6.45) is 0. The van der Waals surface area contributed by atoms with Crippen LogP contribution in [-0.2, 0) is 35.5 Å². The maximum Gasteiger partial charge on any atom is 2.00 e. The van der Waals surface area contributed by atoms with Gasteiger partial charge >= 0.3 is 46.1 Å². The van der Waals surface area contributed by atoms with Crippen LogP contribution in [-0.4, -0.2) is 46.1 Å². The van der Waals surface area contributed by atoms with Crippen molar-refractivity contribution in [2.75, 3.05) is 0 Å². The third-order valence-electron chi connectivity index (χ3n) is 0.800. The van der Waals surface area contributed by atoms with Gasteiger partial charge in [-0.15, -0.1) is 0 Å². The van der Waals surface area contributed by atoms with Crippen molar-refractivity contribution in [1.82, 2.24) is 0 Å². The molecule has 1 fully saturated rings. The van der Waals surface area contributed by atoms with E-state index in [9.17, 15) is 37.8 Å². The number of phosphoric acid groups is 4. The Morgan fingerprint density at radius 3 is 0.722 bits per heavy atom. The summed E-state index contributed by atoms with van der Waals surface area (Å²) < 4.78 is 54.5. The summed E-state index contributed by atoms with van der Waals surface area (Å²) in [4.78, 5) is 42.2. The SMILES string of the molecule is O=P1([O-])OP(=O)([O-])OP(=O)([O-])OP(=O)([O-])O1.[Mg+2].[Mg+2]. The predicted octanol–water partition coefficient (Wildman–Crippen LogP) is -2.82. The second kappa shape index (κ2) is 6.93. The molecule has 0 spiro atoms. The molecule has 0 radical (unpaired) electrons. The Morgan fingerprint density at radius 2 is 0.611 bits per heavy atom. The first kappa shape index (κ1) is 22.4. The molecule has 1 rings (SSSR count). The Labute approximate surface area is 132 Å². The molecule has 0 aromatic carbocycles. The summed E-state index contributed by atoms with van der Waals surface area (Å²) in [6.45, 7) is 0. The van der Waals surface area contributed by atoms with Crippen LogP contribution in [0.5, 0.6) is 0 Å². The minimum absolute atomic E-state index is 0. The number of hydrogen-bond acceptors (Lipinski definition) is 12. The molecule has 0 bridgehead atoms. The van der Waals surface area contributed by atoms with Gasteiger partial charge < -0.3 is 19.6 Å². The molecule has 1 aliphatic heterocycles. The first-order valence-corrected chi connectivity index (χ1v) is 8.76. The van der Waals surface area contributed by atoms with Gasteiger partial charge in [0.1, 0.15) is 0 Å². The maximum absolute atomic E-state index is 10.6. The fraction of sp³-hybridized carbons (Fsp3) is 0. The first-order valence-electron chi connectivity index (χ1n) is 2.92. The summed E-state index contributed by atoms with van der Waals surface area (Å²) >= 11 is 0. The molecule has 1 saturated heterocycles. The topological polar surface area (TPSA) is 197 Å². The second-order valence-corrected chi connectivity index (χ2v) is 8.31. The van der Waals surface area contributed by atoms with Crippen LogP contribution in [0.2, 0.25) is 0 Å².